The first kappa shape index (κ1) is 16.1. The molecule has 24 heavy (non-hydrogen) atoms. The summed E-state index contributed by atoms with van der Waals surface area (Å²) in [5, 5.41) is 0.106. The smallest absolute Gasteiger partial charge is 0.281 e. The Kier molecular flexibility index (Phi) is 4.33. The Hall–Kier alpha value is -1.43. The fourth-order valence-corrected chi connectivity index (χ4v) is 4.23. The first-order valence-corrected chi connectivity index (χ1v) is 9.90. The first-order valence-electron chi connectivity index (χ1n) is 8.91. The van der Waals surface area contributed by atoms with E-state index in [2.05, 4.69) is 13.0 Å². The minimum absolute atomic E-state index is 0.106. The lowest BCUT2D eigenvalue weighted by molar-refractivity contribution is -0.132. The highest BCUT2D eigenvalue weighted by Gasteiger charge is 2.37. The molecule has 4 rings (SSSR count). The van der Waals surface area contributed by atoms with Crippen molar-refractivity contribution in [3.63, 3.8) is 0 Å². The number of nitrogens with zero attached hydrogens (tertiary/aromatic N) is 2. The third-order valence-corrected chi connectivity index (χ3v) is 6.12. The van der Waals surface area contributed by atoms with Crippen LogP contribution >= 0.6 is 11.8 Å². The molecule has 2 amide bonds. The van der Waals surface area contributed by atoms with Crippen LogP contribution in [0.3, 0.4) is 0 Å². The summed E-state index contributed by atoms with van der Waals surface area (Å²) < 4.78 is 5.97. The Labute approximate surface area is 146 Å². The summed E-state index contributed by atoms with van der Waals surface area (Å²) in [6.45, 7) is 4.11. The molecular formula is C18H24N2O3S. The molecule has 0 bridgehead atoms. The summed E-state index contributed by atoms with van der Waals surface area (Å²) in [7, 11) is 0. The monoisotopic (exact) mass is 348 g/mol. The lowest BCUT2D eigenvalue weighted by atomic mass is 10.2. The molecule has 3 fully saturated rings. The number of carbonyl (C=O) groups excluding carboxylic acids is 2. The summed E-state index contributed by atoms with van der Waals surface area (Å²) in [5.41, 5.74) is 0. The van der Waals surface area contributed by atoms with Gasteiger partial charge in [0, 0.05) is 37.2 Å². The van der Waals surface area contributed by atoms with E-state index in [-0.39, 0.29) is 11.1 Å². The Morgan fingerprint density at radius 2 is 2.21 bits per heavy atom. The average Bonchev–Trinajstić information content (AvgIpc) is 3.45. The summed E-state index contributed by atoms with van der Waals surface area (Å²) >= 11 is 1.35. The van der Waals surface area contributed by atoms with Crippen molar-refractivity contribution in [2.45, 2.75) is 51.1 Å². The van der Waals surface area contributed by atoms with Gasteiger partial charge < -0.3 is 14.2 Å². The molecule has 5 nitrogen and oxygen atoms in total. The molecule has 1 aromatic rings. The molecule has 1 aliphatic heterocycles. The molecule has 130 valence electrons. The molecule has 0 spiro atoms. The van der Waals surface area contributed by atoms with Gasteiger partial charge in [0.2, 0.25) is 5.91 Å². The van der Waals surface area contributed by atoms with Crippen LogP contribution < -0.4 is 0 Å². The minimum Gasteiger partial charge on any atom is -0.464 e. The second-order valence-electron chi connectivity index (χ2n) is 7.23. The molecule has 2 saturated carbocycles. The van der Waals surface area contributed by atoms with Gasteiger partial charge >= 0.3 is 0 Å². The maximum absolute atomic E-state index is 12.6. The zero-order chi connectivity index (χ0) is 16.7. The summed E-state index contributed by atoms with van der Waals surface area (Å²) in [6.07, 6.45) is 3.78. The van der Waals surface area contributed by atoms with Crippen molar-refractivity contribution in [2.75, 3.05) is 18.8 Å². The van der Waals surface area contributed by atoms with Crippen LogP contribution in [0.15, 0.2) is 16.5 Å². The van der Waals surface area contributed by atoms with Crippen LogP contribution in [0.1, 0.15) is 50.0 Å². The van der Waals surface area contributed by atoms with E-state index in [0.717, 1.165) is 42.6 Å². The van der Waals surface area contributed by atoms with Crippen LogP contribution in [-0.2, 0) is 11.3 Å². The number of hydrogen-bond donors (Lipinski definition) is 0. The Balaban J connectivity index is 1.34. The molecule has 2 atom stereocenters. The van der Waals surface area contributed by atoms with Crippen LogP contribution in [0.4, 0.5) is 4.79 Å². The maximum Gasteiger partial charge on any atom is 0.281 e. The molecule has 2 heterocycles. The molecule has 2 aliphatic carbocycles. The Morgan fingerprint density at radius 1 is 1.42 bits per heavy atom. The topological polar surface area (TPSA) is 53.8 Å². The highest BCUT2D eigenvalue weighted by atomic mass is 32.2. The van der Waals surface area contributed by atoms with Gasteiger partial charge in [-0.3, -0.25) is 9.59 Å². The fraction of sp³-hybridized carbons (Fsp3) is 0.667. The van der Waals surface area contributed by atoms with E-state index in [1.165, 1.54) is 18.2 Å². The third kappa shape index (κ3) is 3.48. The molecule has 0 unspecified atom stereocenters. The molecule has 0 N–H and O–H groups in total. The maximum atomic E-state index is 12.6. The number of rotatable bonds is 7. The van der Waals surface area contributed by atoms with E-state index in [4.69, 9.17) is 4.42 Å². The number of thioether (sulfide) groups is 1. The average molecular weight is 348 g/mol. The van der Waals surface area contributed by atoms with Crippen LogP contribution in [0.25, 0.3) is 0 Å². The van der Waals surface area contributed by atoms with Gasteiger partial charge in [0.15, 0.2) is 0 Å². The van der Waals surface area contributed by atoms with Crippen LogP contribution in [-0.4, -0.2) is 45.8 Å². The van der Waals surface area contributed by atoms with Crippen molar-refractivity contribution in [1.29, 1.82) is 0 Å². The van der Waals surface area contributed by atoms with Crippen LogP contribution in [0.5, 0.6) is 0 Å². The molecular weight excluding hydrogens is 324 g/mol. The quantitative estimate of drug-likeness (QED) is 0.757. The second kappa shape index (κ2) is 6.47. The van der Waals surface area contributed by atoms with Gasteiger partial charge in [-0.1, -0.05) is 18.7 Å². The standard InChI is InChI=1S/C18H24N2O3S/c1-12-10-15(12)16-5-4-14(23-16)11-20(13-2-3-13)17(21)6-7-19-8-9-24-18(19)22/h4-5,12-13,15H,2-3,6-11H2,1H3/t12-,15-/m1/s1. The van der Waals surface area contributed by atoms with Gasteiger partial charge in [0.05, 0.1) is 6.54 Å². The lowest BCUT2D eigenvalue weighted by Gasteiger charge is -2.23. The fourth-order valence-electron chi connectivity index (χ4n) is 3.38. The van der Waals surface area contributed by atoms with Gasteiger partial charge in [-0.15, -0.1) is 0 Å². The van der Waals surface area contributed by atoms with E-state index in [1.807, 2.05) is 11.0 Å². The van der Waals surface area contributed by atoms with Crippen molar-refractivity contribution in [3.8, 4) is 0 Å². The Morgan fingerprint density at radius 3 is 2.83 bits per heavy atom. The van der Waals surface area contributed by atoms with Crippen molar-refractivity contribution < 1.29 is 14.0 Å². The van der Waals surface area contributed by atoms with Gasteiger partial charge in [0.25, 0.3) is 5.24 Å². The normalized spacial score (nSPS) is 26.0. The highest BCUT2D eigenvalue weighted by molar-refractivity contribution is 8.13. The van der Waals surface area contributed by atoms with Crippen molar-refractivity contribution in [2.24, 2.45) is 5.92 Å². The van der Waals surface area contributed by atoms with Crippen LogP contribution in [0.2, 0.25) is 0 Å². The van der Waals surface area contributed by atoms with Gasteiger partial charge in [-0.2, -0.15) is 0 Å². The van der Waals surface area contributed by atoms with Gasteiger partial charge in [-0.25, -0.2) is 0 Å². The molecule has 6 heteroatoms. The van der Waals surface area contributed by atoms with Gasteiger partial charge in [-0.05, 0) is 37.3 Å². The molecule has 0 aromatic carbocycles. The molecule has 0 radical (unpaired) electrons. The Bertz CT molecular complexity index is 640. The third-order valence-electron chi connectivity index (χ3n) is 5.23. The summed E-state index contributed by atoms with van der Waals surface area (Å²) in [4.78, 5) is 28.0. The first-order chi connectivity index (χ1) is 11.6. The van der Waals surface area contributed by atoms with Crippen molar-refractivity contribution >= 4 is 22.9 Å². The van der Waals surface area contributed by atoms with Crippen LogP contribution in [0, 0.1) is 5.92 Å². The van der Waals surface area contributed by atoms with Crippen molar-refractivity contribution in [1.82, 2.24) is 9.80 Å². The van der Waals surface area contributed by atoms with E-state index in [1.54, 1.807) is 4.90 Å². The number of carbonyl (C=O) groups is 2. The number of hydrogen-bond acceptors (Lipinski definition) is 4. The highest BCUT2D eigenvalue weighted by Crippen LogP contribution is 2.47. The largest absolute Gasteiger partial charge is 0.464 e. The van der Waals surface area contributed by atoms with E-state index in [0.29, 0.717) is 31.5 Å². The molecule has 1 aromatic heterocycles. The SMILES string of the molecule is C[C@@H]1C[C@H]1c1ccc(CN(C(=O)CCN2CCSC2=O)C2CC2)o1. The zero-order valence-corrected chi connectivity index (χ0v) is 14.9. The summed E-state index contributed by atoms with van der Waals surface area (Å²) in [5.74, 6) is 4.23. The van der Waals surface area contributed by atoms with Gasteiger partial charge in [0.1, 0.15) is 11.5 Å². The predicted molar refractivity (Wildman–Crippen MR) is 92.8 cm³/mol. The second-order valence-corrected chi connectivity index (χ2v) is 8.27. The number of furan rings is 1. The predicted octanol–water partition coefficient (Wildman–Crippen LogP) is 3.45. The van der Waals surface area contributed by atoms with Crippen molar-refractivity contribution in [3.05, 3.63) is 23.7 Å². The van der Waals surface area contributed by atoms with E-state index in [9.17, 15) is 9.59 Å². The minimum atomic E-state index is 0.106. The zero-order valence-electron chi connectivity index (χ0n) is 14.1. The summed E-state index contributed by atoms with van der Waals surface area (Å²) in [6, 6.07) is 4.44. The molecule has 3 aliphatic rings. The van der Waals surface area contributed by atoms with E-state index >= 15 is 0 Å². The molecule has 1 saturated heterocycles. The van der Waals surface area contributed by atoms with E-state index < -0.39 is 0 Å². The number of amides is 2. The lowest BCUT2D eigenvalue weighted by Crippen LogP contribution is -2.35.